The minimum Gasteiger partial charge on any atom is -0.390 e. The lowest BCUT2D eigenvalue weighted by atomic mass is 10.1. The van der Waals surface area contributed by atoms with E-state index in [0.717, 1.165) is 12.1 Å². The molecule has 2 atom stereocenters. The molecule has 0 bridgehead atoms. The lowest BCUT2D eigenvalue weighted by Crippen LogP contribution is -2.37. The number of sulfone groups is 1. The molecule has 2 aromatic carbocycles. The van der Waals surface area contributed by atoms with Crippen LogP contribution in [0.15, 0.2) is 54.6 Å². The molecule has 2 rings (SSSR count). The third-order valence-electron chi connectivity index (χ3n) is 4.21. The average Bonchev–Trinajstić information content (AvgIpc) is 2.63. The number of aliphatic hydroxyl groups is 1. The van der Waals surface area contributed by atoms with Crippen molar-refractivity contribution in [1.29, 1.82) is 0 Å². The SMILES string of the molecule is O=S(=O)(Cc1cccc(C(F)(F)F)c1)CC(O)COC(Cc1ccccc1)C(F)(F)F. The Balaban J connectivity index is 1.97. The molecule has 0 spiro atoms. The van der Waals surface area contributed by atoms with Crippen LogP contribution in [0.25, 0.3) is 0 Å². The van der Waals surface area contributed by atoms with E-state index in [-0.39, 0.29) is 5.56 Å². The molecule has 0 amide bonds. The van der Waals surface area contributed by atoms with Crippen LogP contribution in [0.4, 0.5) is 26.3 Å². The first-order valence-electron chi connectivity index (χ1n) is 9.03. The molecule has 0 saturated heterocycles. The van der Waals surface area contributed by atoms with Gasteiger partial charge in [0.2, 0.25) is 0 Å². The van der Waals surface area contributed by atoms with Crippen LogP contribution in [0.2, 0.25) is 0 Å². The molecule has 0 saturated carbocycles. The molecule has 0 aliphatic rings. The smallest absolute Gasteiger partial charge is 0.390 e. The molecule has 172 valence electrons. The Kier molecular flexibility index (Phi) is 8.12. The molecular formula is C20H20F6O4S. The molecule has 0 aromatic heterocycles. The number of alkyl halides is 6. The van der Waals surface area contributed by atoms with Crippen LogP contribution in [-0.2, 0) is 32.9 Å². The van der Waals surface area contributed by atoms with Crippen molar-refractivity contribution in [3.05, 3.63) is 71.3 Å². The molecule has 0 heterocycles. The zero-order valence-electron chi connectivity index (χ0n) is 16.0. The van der Waals surface area contributed by atoms with E-state index in [4.69, 9.17) is 4.74 Å². The van der Waals surface area contributed by atoms with Crippen LogP contribution in [-0.4, -0.2) is 44.3 Å². The van der Waals surface area contributed by atoms with Crippen molar-refractivity contribution in [2.75, 3.05) is 12.4 Å². The summed E-state index contributed by atoms with van der Waals surface area (Å²) in [5.41, 5.74) is -0.838. The van der Waals surface area contributed by atoms with E-state index in [1.165, 1.54) is 18.2 Å². The Morgan fingerprint density at radius 3 is 2.10 bits per heavy atom. The Morgan fingerprint density at radius 1 is 0.903 bits per heavy atom. The maximum atomic E-state index is 13.2. The highest BCUT2D eigenvalue weighted by Crippen LogP contribution is 2.30. The lowest BCUT2D eigenvalue weighted by molar-refractivity contribution is -0.224. The van der Waals surface area contributed by atoms with Crippen LogP contribution >= 0.6 is 0 Å². The summed E-state index contributed by atoms with van der Waals surface area (Å²) in [6.45, 7) is -0.904. The van der Waals surface area contributed by atoms with Gasteiger partial charge in [-0.3, -0.25) is 0 Å². The summed E-state index contributed by atoms with van der Waals surface area (Å²) in [6.07, 6.45) is -14.0. The fourth-order valence-corrected chi connectivity index (χ4v) is 4.30. The van der Waals surface area contributed by atoms with Gasteiger partial charge in [-0.25, -0.2) is 8.42 Å². The summed E-state index contributed by atoms with van der Waals surface area (Å²) in [4.78, 5) is 0. The van der Waals surface area contributed by atoms with Gasteiger partial charge >= 0.3 is 12.4 Å². The molecule has 0 fully saturated rings. The third kappa shape index (κ3) is 8.50. The van der Waals surface area contributed by atoms with E-state index in [1.54, 1.807) is 18.2 Å². The first kappa shape index (κ1) is 25.2. The summed E-state index contributed by atoms with van der Waals surface area (Å²) in [5.74, 6) is -1.76. The van der Waals surface area contributed by atoms with Crippen molar-refractivity contribution in [2.24, 2.45) is 0 Å². The van der Waals surface area contributed by atoms with E-state index in [0.29, 0.717) is 11.6 Å². The monoisotopic (exact) mass is 470 g/mol. The largest absolute Gasteiger partial charge is 0.416 e. The van der Waals surface area contributed by atoms with Crippen molar-refractivity contribution < 1.29 is 44.6 Å². The average molecular weight is 470 g/mol. The van der Waals surface area contributed by atoms with Gasteiger partial charge in [-0.2, -0.15) is 26.3 Å². The lowest BCUT2D eigenvalue weighted by Gasteiger charge is -2.22. The van der Waals surface area contributed by atoms with Gasteiger partial charge in [0.1, 0.15) is 0 Å². The molecule has 2 aromatic rings. The molecule has 11 heteroatoms. The van der Waals surface area contributed by atoms with E-state index in [9.17, 15) is 39.9 Å². The van der Waals surface area contributed by atoms with Gasteiger partial charge in [0.25, 0.3) is 0 Å². The Bertz CT molecular complexity index is 942. The number of hydrogen-bond acceptors (Lipinski definition) is 4. The Labute approximate surface area is 175 Å². The standard InChI is InChI=1S/C20H20F6O4S/c21-19(22,23)16-8-4-7-15(9-16)12-31(28,29)13-17(27)11-30-18(20(24,25)26)10-14-5-2-1-3-6-14/h1-9,17-18,27H,10-13H2. The summed E-state index contributed by atoms with van der Waals surface area (Å²) < 4.78 is 107. The maximum absolute atomic E-state index is 13.2. The quantitative estimate of drug-likeness (QED) is 0.559. The summed E-state index contributed by atoms with van der Waals surface area (Å²) in [5, 5.41) is 9.88. The second-order valence-electron chi connectivity index (χ2n) is 6.96. The van der Waals surface area contributed by atoms with Gasteiger partial charge < -0.3 is 9.84 Å². The Hall–Kier alpha value is -2.11. The third-order valence-corrected chi connectivity index (χ3v) is 5.87. The summed E-state index contributed by atoms with van der Waals surface area (Å²) >= 11 is 0. The zero-order chi connectivity index (χ0) is 23.3. The number of benzene rings is 2. The summed E-state index contributed by atoms with van der Waals surface area (Å²) in [7, 11) is -4.12. The molecule has 0 aliphatic heterocycles. The maximum Gasteiger partial charge on any atom is 0.416 e. The van der Waals surface area contributed by atoms with Crippen molar-refractivity contribution in [3.63, 3.8) is 0 Å². The van der Waals surface area contributed by atoms with Gasteiger partial charge in [-0.05, 0) is 17.2 Å². The van der Waals surface area contributed by atoms with Gasteiger partial charge in [-0.15, -0.1) is 0 Å². The minimum atomic E-state index is -4.74. The van der Waals surface area contributed by atoms with Crippen molar-refractivity contribution in [1.82, 2.24) is 0 Å². The predicted octanol–water partition coefficient (Wildman–Crippen LogP) is 4.17. The van der Waals surface area contributed by atoms with Crippen LogP contribution < -0.4 is 0 Å². The molecule has 0 radical (unpaired) electrons. The molecule has 31 heavy (non-hydrogen) atoms. The van der Waals surface area contributed by atoms with Crippen LogP contribution in [0.3, 0.4) is 0 Å². The summed E-state index contributed by atoms with van der Waals surface area (Å²) in [6, 6.07) is 11.3. The number of hydrogen-bond donors (Lipinski definition) is 1. The van der Waals surface area contributed by atoms with Crippen LogP contribution in [0.5, 0.6) is 0 Å². The van der Waals surface area contributed by atoms with Crippen molar-refractivity contribution in [3.8, 4) is 0 Å². The highest BCUT2D eigenvalue weighted by molar-refractivity contribution is 7.90. The van der Waals surface area contributed by atoms with Gasteiger partial charge in [0.05, 0.1) is 29.8 Å². The first-order chi connectivity index (χ1) is 14.3. The normalized spacial score (nSPS) is 14.9. The van der Waals surface area contributed by atoms with E-state index < -0.39 is 64.5 Å². The minimum absolute atomic E-state index is 0.153. The topological polar surface area (TPSA) is 63.6 Å². The van der Waals surface area contributed by atoms with E-state index in [2.05, 4.69) is 0 Å². The van der Waals surface area contributed by atoms with Gasteiger partial charge in [0, 0.05) is 6.42 Å². The second-order valence-corrected chi connectivity index (χ2v) is 9.07. The number of rotatable bonds is 9. The highest BCUT2D eigenvalue weighted by atomic mass is 32.2. The number of aliphatic hydroxyl groups excluding tert-OH is 1. The van der Waals surface area contributed by atoms with Crippen molar-refractivity contribution >= 4 is 9.84 Å². The number of ether oxygens (including phenoxy) is 1. The molecule has 2 unspecified atom stereocenters. The molecular weight excluding hydrogens is 450 g/mol. The van der Waals surface area contributed by atoms with E-state index >= 15 is 0 Å². The highest BCUT2D eigenvalue weighted by Gasteiger charge is 2.41. The fraction of sp³-hybridized carbons (Fsp3) is 0.400. The number of halogens is 6. The fourth-order valence-electron chi connectivity index (χ4n) is 2.82. The first-order valence-corrected chi connectivity index (χ1v) is 10.9. The molecule has 4 nitrogen and oxygen atoms in total. The Morgan fingerprint density at radius 2 is 1.52 bits per heavy atom. The zero-order valence-corrected chi connectivity index (χ0v) is 16.8. The van der Waals surface area contributed by atoms with Gasteiger partial charge in [0.15, 0.2) is 15.9 Å². The molecule has 1 N–H and O–H groups in total. The molecule has 0 aliphatic carbocycles. The van der Waals surface area contributed by atoms with Crippen LogP contribution in [0.1, 0.15) is 16.7 Å². The predicted molar refractivity (Wildman–Crippen MR) is 101 cm³/mol. The van der Waals surface area contributed by atoms with Crippen LogP contribution in [0, 0.1) is 0 Å². The second kappa shape index (κ2) is 10.0. The van der Waals surface area contributed by atoms with Crippen molar-refractivity contribution in [2.45, 2.75) is 36.7 Å². The van der Waals surface area contributed by atoms with Gasteiger partial charge in [-0.1, -0.05) is 48.5 Å². The van der Waals surface area contributed by atoms with E-state index in [1.807, 2.05) is 0 Å².